The van der Waals surface area contributed by atoms with Gasteiger partial charge in [-0.15, -0.1) is 12.4 Å². The highest BCUT2D eigenvalue weighted by Gasteiger charge is 2.26. The Bertz CT molecular complexity index is 428. The molecule has 0 radical (unpaired) electrons. The van der Waals surface area contributed by atoms with E-state index >= 15 is 0 Å². The van der Waals surface area contributed by atoms with E-state index in [1.165, 1.54) is 0 Å². The van der Waals surface area contributed by atoms with Crippen molar-refractivity contribution >= 4 is 29.9 Å². The van der Waals surface area contributed by atoms with Gasteiger partial charge in [0.25, 0.3) is 0 Å². The minimum atomic E-state index is 0. The predicted octanol–water partition coefficient (Wildman–Crippen LogP) is 3.18. The van der Waals surface area contributed by atoms with Gasteiger partial charge in [0.1, 0.15) is 0 Å². The molecule has 0 aliphatic carbocycles. The van der Waals surface area contributed by atoms with Crippen LogP contribution in [-0.2, 0) is 4.79 Å². The number of carbonyl (C=O) groups excluding carboxylic acids is 1. The number of benzene rings is 1. The summed E-state index contributed by atoms with van der Waals surface area (Å²) in [6.07, 6.45) is 0.928. The zero-order valence-corrected chi connectivity index (χ0v) is 13.4. The largest absolute Gasteiger partial charge is 0.349 e. The molecule has 2 rings (SSSR count). The van der Waals surface area contributed by atoms with Crippen molar-refractivity contribution in [2.24, 2.45) is 11.8 Å². The van der Waals surface area contributed by atoms with Crippen LogP contribution in [0.3, 0.4) is 0 Å². The number of carbonyl (C=O) groups is 1. The Hall–Kier alpha value is -0.770. The average molecular weight is 317 g/mol. The van der Waals surface area contributed by atoms with E-state index in [-0.39, 0.29) is 30.3 Å². The van der Waals surface area contributed by atoms with Crippen molar-refractivity contribution in [1.29, 1.82) is 0 Å². The van der Waals surface area contributed by atoms with E-state index in [9.17, 15) is 4.79 Å². The van der Waals surface area contributed by atoms with Crippen molar-refractivity contribution in [1.82, 2.24) is 10.6 Å². The van der Waals surface area contributed by atoms with Crippen LogP contribution in [0.15, 0.2) is 24.3 Å². The molecule has 1 aliphatic heterocycles. The first-order valence-electron chi connectivity index (χ1n) is 6.84. The Balaban J connectivity index is 0.00000200. The summed E-state index contributed by atoms with van der Waals surface area (Å²) < 4.78 is 0. The second kappa shape index (κ2) is 7.87. The van der Waals surface area contributed by atoms with Gasteiger partial charge < -0.3 is 10.6 Å². The van der Waals surface area contributed by atoms with E-state index in [0.29, 0.717) is 5.92 Å². The molecule has 1 fully saturated rings. The minimum Gasteiger partial charge on any atom is -0.349 e. The van der Waals surface area contributed by atoms with E-state index in [1.807, 2.05) is 24.3 Å². The van der Waals surface area contributed by atoms with Crippen molar-refractivity contribution in [2.75, 3.05) is 13.1 Å². The van der Waals surface area contributed by atoms with Gasteiger partial charge in [-0.2, -0.15) is 0 Å². The topological polar surface area (TPSA) is 41.1 Å². The van der Waals surface area contributed by atoms with E-state index in [0.717, 1.165) is 30.1 Å². The summed E-state index contributed by atoms with van der Waals surface area (Å²) in [4.78, 5) is 12.2. The molecule has 1 heterocycles. The van der Waals surface area contributed by atoms with Gasteiger partial charge in [-0.25, -0.2) is 0 Å². The van der Waals surface area contributed by atoms with Crippen molar-refractivity contribution in [3.05, 3.63) is 34.9 Å². The molecule has 1 aromatic carbocycles. The Kier molecular flexibility index (Phi) is 6.80. The van der Waals surface area contributed by atoms with Crippen LogP contribution in [0, 0.1) is 11.8 Å². The molecule has 112 valence electrons. The average Bonchev–Trinajstić information content (AvgIpc) is 2.90. The molecule has 1 saturated heterocycles. The monoisotopic (exact) mass is 316 g/mol. The highest BCUT2D eigenvalue weighted by atomic mass is 35.5. The standard InChI is InChI=1S/C15H21ClN2O.ClH/c1-10(2)14(11-3-5-13(16)6-4-11)18-15(19)12-7-8-17-9-12;/h3-6,10,12,14,17H,7-9H2,1-2H3,(H,18,19);1H. The molecule has 0 aromatic heterocycles. The maximum Gasteiger partial charge on any atom is 0.224 e. The lowest BCUT2D eigenvalue weighted by Gasteiger charge is -2.24. The maximum absolute atomic E-state index is 12.2. The smallest absolute Gasteiger partial charge is 0.224 e. The van der Waals surface area contributed by atoms with Gasteiger partial charge in [0, 0.05) is 11.6 Å². The van der Waals surface area contributed by atoms with Gasteiger partial charge in [-0.3, -0.25) is 4.79 Å². The van der Waals surface area contributed by atoms with E-state index in [4.69, 9.17) is 11.6 Å². The van der Waals surface area contributed by atoms with Gasteiger partial charge in [0.05, 0.1) is 12.0 Å². The predicted molar refractivity (Wildman–Crippen MR) is 85.4 cm³/mol. The summed E-state index contributed by atoms with van der Waals surface area (Å²) in [5.74, 6) is 0.603. The zero-order valence-electron chi connectivity index (χ0n) is 11.9. The Morgan fingerprint density at radius 3 is 2.50 bits per heavy atom. The van der Waals surface area contributed by atoms with Gasteiger partial charge in [0.2, 0.25) is 5.91 Å². The van der Waals surface area contributed by atoms with Crippen LogP contribution in [0.1, 0.15) is 31.9 Å². The van der Waals surface area contributed by atoms with Crippen molar-refractivity contribution in [3.8, 4) is 0 Å². The molecule has 1 amide bonds. The zero-order chi connectivity index (χ0) is 13.8. The molecule has 3 nitrogen and oxygen atoms in total. The maximum atomic E-state index is 12.2. The SMILES string of the molecule is CC(C)C(NC(=O)C1CCNC1)c1ccc(Cl)cc1.Cl. The molecule has 2 unspecified atom stereocenters. The second-order valence-corrected chi connectivity index (χ2v) is 5.91. The quantitative estimate of drug-likeness (QED) is 0.895. The fourth-order valence-corrected chi connectivity index (χ4v) is 2.58. The molecule has 2 atom stereocenters. The minimum absolute atomic E-state index is 0. The summed E-state index contributed by atoms with van der Waals surface area (Å²) in [5, 5.41) is 7.12. The molecule has 0 bridgehead atoms. The van der Waals surface area contributed by atoms with Crippen LogP contribution in [-0.4, -0.2) is 19.0 Å². The first-order chi connectivity index (χ1) is 9.08. The highest BCUT2D eigenvalue weighted by Crippen LogP contribution is 2.24. The third-order valence-corrected chi connectivity index (χ3v) is 3.88. The Morgan fingerprint density at radius 1 is 1.35 bits per heavy atom. The third-order valence-electron chi connectivity index (χ3n) is 3.62. The Labute approximate surface area is 131 Å². The number of halogens is 2. The molecular weight excluding hydrogens is 295 g/mol. The highest BCUT2D eigenvalue weighted by molar-refractivity contribution is 6.30. The fourth-order valence-electron chi connectivity index (χ4n) is 2.45. The number of amides is 1. The van der Waals surface area contributed by atoms with E-state index < -0.39 is 0 Å². The molecule has 0 saturated carbocycles. The molecule has 1 aliphatic rings. The summed E-state index contributed by atoms with van der Waals surface area (Å²) in [6, 6.07) is 7.76. The van der Waals surface area contributed by atoms with Crippen LogP contribution in [0.2, 0.25) is 5.02 Å². The Morgan fingerprint density at radius 2 is 2.00 bits per heavy atom. The van der Waals surface area contributed by atoms with Crippen LogP contribution < -0.4 is 10.6 Å². The number of nitrogens with one attached hydrogen (secondary N) is 2. The lowest BCUT2D eigenvalue weighted by molar-refractivity contribution is -0.125. The first-order valence-corrected chi connectivity index (χ1v) is 7.22. The fraction of sp³-hybridized carbons (Fsp3) is 0.533. The van der Waals surface area contributed by atoms with Gasteiger partial charge >= 0.3 is 0 Å². The molecule has 5 heteroatoms. The third kappa shape index (κ3) is 4.37. The van der Waals surface area contributed by atoms with Gasteiger partial charge in [0.15, 0.2) is 0 Å². The lowest BCUT2D eigenvalue weighted by Crippen LogP contribution is -2.37. The van der Waals surface area contributed by atoms with Gasteiger partial charge in [-0.05, 0) is 36.6 Å². The summed E-state index contributed by atoms with van der Waals surface area (Å²) in [5.41, 5.74) is 1.11. The second-order valence-electron chi connectivity index (χ2n) is 5.47. The normalized spacial score (nSPS) is 19.5. The number of hydrogen-bond acceptors (Lipinski definition) is 2. The van der Waals surface area contributed by atoms with Crippen LogP contribution >= 0.6 is 24.0 Å². The molecule has 0 spiro atoms. The number of hydrogen-bond donors (Lipinski definition) is 2. The molecule has 2 N–H and O–H groups in total. The van der Waals surface area contributed by atoms with Crippen molar-refractivity contribution in [2.45, 2.75) is 26.3 Å². The van der Waals surface area contributed by atoms with Crippen LogP contribution in [0.5, 0.6) is 0 Å². The van der Waals surface area contributed by atoms with Crippen LogP contribution in [0.4, 0.5) is 0 Å². The first kappa shape index (κ1) is 17.3. The lowest BCUT2D eigenvalue weighted by atomic mass is 9.95. The molecule has 20 heavy (non-hydrogen) atoms. The van der Waals surface area contributed by atoms with E-state index in [2.05, 4.69) is 24.5 Å². The molecular formula is C15H22Cl2N2O. The van der Waals surface area contributed by atoms with Crippen molar-refractivity contribution < 1.29 is 4.79 Å². The van der Waals surface area contributed by atoms with Crippen LogP contribution in [0.25, 0.3) is 0 Å². The summed E-state index contributed by atoms with van der Waals surface area (Å²) in [7, 11) is 0. The van der Waals surface area contributed by atoms with Crippen molar-refractivity contribution in [3.63, 3.8) is 0 Å². The molecule has 1 aromatic rings. The summed E-state index contributed by atoms with van der Waals surface area (Å²) >= 11 is 5.91. The number of rotatable bonds is 4. The van der Waals surface area contributed by atoms with E-state index in [1.54, 1.807) is 0 Å². The van der Waals surface area contributed by atoms with Gasteiger partial charge in [-0.1, -0.05) is 37.6 Å². The summed E-state index contributed by atoms with van der Waals surface area (Å²) in [6.45, 7) is 5.96.